The van der Waals surface area contributed by atoms with E-state index >= 15 is 0 Å². The molecule has 1 fully saturated rings. The molecule has 1 aromatic heterocycles. The third kappa shape index (κ3) is 4.97. The second kappa shape index (κ2) is 9.56. The highest BCUT2D eigenvalue weighted by atomic mass is 35.5. The zero-order valence-corrected chi connectivity index (χ0v) is 17.8. The molecule has 0 spiro atoms. The second-order valence-corrected chi connectivity index (χ2v) is 12.6. The Bertz CT molecular complexity index is 488. The minimum absolute atomic E-state index is 0.0140. The molecule has 136 valence electrons. The molecule has 5 heteroatoms. The van der Waals surface area contributed by atoms with Crippen LogP contribution < -0.4 is 0 Å². The van der Waals surface area contributed by atoms with E-state index < -0.39 is 8.32 Å². The van der Waals surface area contributed by atoms with Crippen LogP contribution in [0.1, 0.15) is 71.0 Å². The first kappa shape index (κ1) is 20.2. The SMILES string of the molecule is CC[Si](CC)(CC)OC(CCC1CCCC1)c1c(Cl)cncc1Cl. The maximum absolute atomic E-state index is 6.84. The molecule has 1 aliphatic rings. The largest absolute Gasteiger partial charge is 0.410 e. The Balaban J connectivity index is 2.23. The summed E-state index contributed by atoms with van der Waals surface area (Å²) in [5.41, 5.74) is 0.957. The van der Waals surface area contributed by atoms with Crippen LogP contribution in [0.15, 0.2) is 12.4 Å². The van der Waals surface area contributed by atoms with Gasteiger partial charge in [-0.25, -0.2) is 0 Å². The van der Waals surface area contributed by atoms with E-state index in [4.69, 9.17) is 27.6 Å². The highest BCUT2D eigenvalue weighted by molar-refractivity contribution is 6.73. The number of rotatable bonds is 9. The van der Waals surface area contributed by atoms with Crippen LogP contribution in [0, 0.1) is 5.92 Å². The average Bonchev–Trinajstić information content (AvgIpc) is 3.10. The molecule has 0 bridgehead atoms. The van der Waals surface area contributed by atoms with Gasteiger partial charge in [0.2, 0.25) is 0 Å². The van der Waals surface area contributed by atoms with Crippen LogP contribution in [0.2, 0.25) is 28.2 Å². The van der Waals surface area contributed by atoms with E-state index in [1.54, 1.807) is 12.4 Å². The van der Waals surface area contributed by atoms with E-state index in [9.17, 15) is 0 Å². The van der Waals surface area contributed by atoms with Crippen molar-refractivity contribution in [3.8, 4) is 0 Å². The first-order valence-corrected chi connectivity index (χ1v) is 12.8. The van der Waals surface area contributed by atoms with Gasteiger partial charge in [-0.15, -0.1) is 0 Å². The van der Waals surface area contributed by atoms with E-state index in [2.05, 4.69) is 25.8 Å². The summed E-state index contributed by atoms with van der Waals surface area (Å²) in [7, 11) is -1.72. The molecule has 2 nitrogen and oxygen atoms in total. The molecule has 0 N–H and O–H groups in total. The Kier molecular flexibility index (Phi) is 8.06. The van der Waals surface area contributed by atoms with Gasteiger partial charge in [0, 0.05) is 18.0 Å². The maximum Gasteiger partial charge on any atom is 0.192 e. The topological polar surface area (TPSA) is 22.1 Å². The van der Waals surface area contributed by atoms with E-state index in [1.807, 2.05) is 0 Å². The van der Waals surface area contributed by atoms with Crippen molar-refractivity contribution in [3.63, 3.8) is 0 Å². The molecular weight excluding hydrogens is 357 g/mol. The standard InChI is InChI=1S/C19H31Cl2NOSi/c1-4-24(5-2,6-3)23-18(12-11-15-9-7-8-10-15)19-16(20)13-22-14-17(19)21/h13-15,18H,4-12H2,1-3H3. The lowest BCUT2D eigenvalue weighted by atomic mass is 9.97. The first-order chi connectivity index (χ1) is 11.5. The minimum atomic E-state index is -1.72. The van der Waals surface area contributed by atoms with Crippen LogP contribution in [0.5, 0.6) is 0 Å². The van der Waals surface area contributed by atoms with Crippen molar-refractivity contribution in [2.24, 2.45) is 5.92 Å². The molecule has 1 aliphatic carbocycles. The van der Waals surface area contributed by atoms with Gasteiger partial charge >= 0.3 is 0 Å². The average molecular weight is 388 g/mol. The zero-order chi connectivity index (χ0) is 17.6. The van der Waals surface area contributed by atoms with Crippen molar-refractivity contribution in [1.29, 1.82) is 0 Å². The molecule has 1 heterocycles. The van der Waals surface area contributed by atoms with Gasteiger partial charge < -0.3 is 4.43 Å². The number of nitrogens with zero attached hydrogens (tertiary/aromatic N) is 1. The molecule has 0 amide bonds. The van der Waals surface area contributed by atoms with Crippen LogP contribution in [-0.2, 0) is 4.43 Å². The zero-order valence-electron chi connectivity index (χ0n) is 15.3. The monoisotopic (exact) mass is 387 g/mol. The highest BCUT2D eigenvalue weighted by Crippen LogP contribution is 2.40. The lowest BCUT2D eigenvalue weighted by molar-refractivity contribution is 0.169. The Labute approximate surface area is 158 Å². The van der Waals surface area contributed by atoms with E-state index in [0.29, 0.717) is 10.0 Å². The van der Waals surface area contributed by atoms with Crippen molar-refractivity contribution in [3.05, 3.63) is 28.0 Å². The van der Waals surface area contributed by atoms with Crippen molar-refractivity contribution in [2.75, 3.05) is 0 Å². The third-order valence-electron chi connectivity index (χ3n) is 5.85. The fraction of sp³-hybridized carbons (Fsp3) is 0.737. The van der Waals surface area contributed by atoms with Gasteiger partial charge in [-0.3, -0.25) is 4.98 Å². The van der Waals surface area contributed by atoms with Gasteiger partial charge in [0.1, 0.15) is 0 Å². The molecule has 1 unspecified atom stereocenters. The molecule has 24 heavy (non-hydrogen) atoms. The molecular formula is C19H31Cl2NOSi. The second-order valence-electron chi connectivity index (χ2n) is 7.09. The molecule has 1 saturated carbocycles. The van der Waals surface area contributed by atoms with Crippen LogP contribution in [0.3, 0.4) is 0 Å². The minimum Gasteiger partial charge on any atom is -0.410 e. The molecule has 0 aliphatic heterocycles. The lowest BCUT2D eigenvalue weighted by Gasteiger charge is -2.34. The number of hydrogen-bond donors (Lipinski definition) is 0. The summed E-state index contributed by atoms with van der Waals surface area (Å²) in [5.74, 6) is 0.844. The predicted octanol–water partition coefficient (Wildman–Crippen LogP) is 7.42. The van der Waals surface area contributed by atoms with Gasteiger partial charge in [-0.1, -0.05) is 69.7 Å². The summed E-state index contributed by atoms with van der Waals surface area (Å²) >= 11 is 12.9. The maximum atomic E-state index is 6.84. The summed E-state index contributed by atoms with van der Waals surface area (Å²) in [4.78, 5) is 4.11. The van der Waals surface area contributed by atoms with Gasteiger partial charge in [-0.05, 0) is 36.9 Å². The predicted molar refractivity (Wildman–Crippen MR) is 106 cm³/mol. The van der Waals surface area contributed by atoms with Crippen molar-refractivity contribution < 1.29 is 4.43 Å². The first-order valence-electron chi connectivity index (χ1n) is 9.52. The molecule has 0 aromatic carbocycles. The number of hydrogen-bond acceptors (Lipinski definition) is 2. The summed E-state index contributed by atoms with van der Waals surface area (Å²) < 4.78 is 6.84. The van der Waals surface area contributed by atoms with Crippen LogP contribution in [-0.4, -0.2) is 13.3 Å². The van der Waals surface area contributed by atoms with E-state index in [-0.39, 0.29) is 6.10 Å². The Morgan fingerprint density at radius 3 is 2.12 bits per heavy atom. The normalized spacial score (nSPS) is 17.4. The fourth-order valence-electron chi connectivity index (χ4n) is 3.98. The summed E-state index contributed by atoms with van der Waals surface area (Å²) in [6.45, 7) is 6.80. The van der Waals surface area contributed by atoms with E-state index in [0.717, 1.165) is 36.0 Å². The van der Waals surface area contributed by atoms with Gasteiger partial charge in [0.15, 0.2) is 8.32 Å². The fourth-order valence-corrected chi connectivity index (χ4v) is 7.43. The quantitative estimate of drug-likeness (QED) is 0.411. The lowest BCUT2D eigenvalue weighted by Crippen LogP contribution is -2.37. The highest BCUT2D eigenvalue weighted by Gasteiger charge is 2.34. The molecule has 1 aromatic rings. The van der Waals surface area contributed by atoms with Crippen LogP contribution in [0.25, 0.3) is 0 Å². The molecule has 1 atom stereocenters. The van der Waals surface area contributed by atoms with E-state index in [1.165, 1.54) is 32.1 Å². The Morgan fingerprint density at radius 1 is 1.08 bits per heavy atom. The van der Waals surface area contributed by atoms with Crippen molar-refractivity contribution >= 4 is 31.5 Å². The summed E-state index contributed by atoms with van der Waals surface area (Å²) in [6.07, 6.45) is 11.1. The number of pyridine rings is 1. The van der Waals surface area contributed by atoms with Crippen LogP contribution >= 0.6 is 23.2 Å². The number of halogens is 2. The van der Waals surface area contributed by atoms with Crippen LogP contribution in [0.4, 0.5) is 0 Å². The Morgan fingerprint density at radius 2 is 1.62 bits per heavy atom. The summed E-state index contributed by atoms with van der Waals surface area (Å²) in [6, 6.07) is 3.42. The molecule has 2 rings (SSSR count). The third-order valence-corrected chi connectivity index (χ3v) is 11.1. The van der Waals surface area contributed by atoms with Crippen molar-refractivity contribution in [1.82, 2.24) is 4.98 Å². The van der Waals surface area contributed by atoms with Gasteiger partial charge in [0.25, 0.3) is 0 Å². The molecule has 0 radical (unpaired) electrons. The van der Waals surface area contributed by atoms with Gasteiger partial charge in [-0.2, -0.15) is 0 Å². The summed E-state index contributed by atoms with van der Waals surface area (Å²) in [5, 5.41) is 1.29. The molecule has 0 saturated heterocycles. The van der Waals surface area contributed by atoms with Gasteiger partial charge in [0.05, 0.1) is 16.1 Å². The number of aromatic nitrogens is 1. The van der Waals surface area contributed by atoms with Crippen molar-refractivity contribution in [2.45, 2.75) is 83.5 Å². The smallest absolute Gasteiger partial charge is 0.192 e. The Hall–Kier alpha value is -0.0931.